The Hall–Kier alpha value is -3.46. The molecule has 32 heavy (non-hydrogen) atoms. The minimum atomic E-state index is -0.224. The first-order valence-electron chi connectivity index (χ1n) is 10.4. The van der Waals surface area contributed by atoms with Crippen LogP contribution in [0.25, 0.3) is 22.1 Å². The molecule has 1 aliphatic heterocycles. The van der Waals surface area contributed by atoms with Gasteiger partial charge in [0.15, 0.2) is 16.7 Å². The van der Waals surface area contributed by atoms with Gasteiger partial charge in [-0.1, -0.05) is 37.2 Å². The summed E-state index contributed by atoms with van der Waals surface area (Å²) >= 11 is 1.23. The number of fused-ring (bicyclic) bond motifs is 4. The van der Waals surface area contributed by atoms with E-state index >= 15 is 0 Å². The lowest BCUT2D eigenvalue weighted by Crippen LogP contribution is -2.24. The van der Waals surface area contributed by atoms with E-state index in [0.717, 1.165) is 18.2 Å². The van der Waals surface area contributed by atoms with Gasteiger partial charge in [-0.2, -0.15) is 0 Å². The Kier molecular flexibility index (Phi) is 5.48. The number of unbranched alkanes of at least 4 members (excludes halogenated alkanes) is 1. The Bertz CT molecular complexity index is 1380. The van der Waals surface area contributed by atoms with E-state index in [2.05, 4.69) is 12.2 Å². The van der Waals surface area contributed by atoms with Gasteiger partial charge in [-0.25, -0.2) is 4.98 Å². The van der Waals surface area contributed by atoms with E-state index in [1.165, 1.54) is 11.8 Å². The molecule has 1 amide bonds. The molecule has 9 heteroatoms. The normalized spacial score (nSPS) is 12.5. The third kappa shape index (κ3) is 3.80. The summed E-state index contributed by atoms with van der Waals surface area (Å²) in [5, 5.41) is 4.14. The quantitative estimate of drug-likeness (QED) is 0.329. The molecule has 2 aromatic heterocycles. The molecule has 0 spiro atoms. The van der Waals surface area contributed by atoms with Crippen molar-refractivity contribution in [1.29, 1.82) is 0 Å². The van der Waals surface area contributed by atoms with Gasteiger partial charge in [-0.05, 0) is 30.7 Å². The SMILES string of the molecule is CCCCn1c(SCC(=O)Nc2ccc3c(c2)OCO3)nc2c(oc3ccccc32)c1=O. The van der Waals surface area contributed by atoms with Gasteiger partial charge < -0.3 is 19.2 Å². The highest BCUT2D eigenvalue weighted by molar-refractivity contribution is 7.99. The number of nitrogens with one attached hydrogen (secondary N) is 1. The van der Waals surface area contributed by atoms with Crippen LogP contribution in [0.2, 0.25) is 0 Å². The van der Waals surface area contributed by atoms with E-state index in [0.29, 0.717) is 40.0 Å². The molecule has 2 aromatic carbocycles. The van der Waals surface area contributed by atoms with Crippen LogP contribution in [0.4, 0.5) is 5.69 Å². The van der Waals surface area contributed by atoms with Gasteiger partial charge in [-0.15, -0.1) is 0 Å². The number of carbonyl (C=O) groups excluding carboxylic acids is 1. The summed E-state index contributed by atoms with van der Waals surface area (Å²) in [6.07, 6.45) is 1.75. The lowest BCUT2D eigenvalue weighted by molar-refractivity contribution is -0.113. The molecular weight excluding hydrogens is 430 g/mol. The first-order valence-corrected chi connectivity index (χ1v) is 11.4. The van der Waals surface area contributed by atoms with Crippen molar-refractivity contribution in [2.45, 2.75) is 31.5 Å². The molecule has 8 nitrogen and oxygen atoms in total. The number of thioether (sulfide) groups is 1. The highest BCUT2D eigenvalue weighted by Crippen LogP contribution is 2.34. The predicted molar refractivity (Wildman–Crippen MR) is 123 cm³/mol. The van der Waals surface area contributed by atoms with Crippen LogP contribution in [0.1, 0.15) is 19.8 Å². The van der Waals surface area contributed by atoms with Crippen LogP contribution in [0, 0.1) is 0 Å². The van der Waals surface area contributed by atoms with Crippen LogP contribution < -0.4 is 20.3 Å². The Balaban J connectivity index is 1.41. The number of para-hydroxylation sites is 1. The second kappa shape index (κ2) is 8.58. The monoisotopic (exact) mass is 451 g/mol. The zero-order valence-electron chi connectivity index (χ0n) is 17.4. The van der Waals surface area contributed by atoms with Crippen molar-refractivity contribution in [2.75, 3.05) is 17.9 Å². The van der Waals surface area contributed by atoms with Crippen molar-refractivity contribution in [3.63, 3.8) is 0 Å². The summed E-state index contributed by atoms with van der Waals surface area (Å²) in [7, 11) is 0. The smallest absolute Gasteiger partial charge is 0.297 e. The number of nitrogens with zero attached hydrogens (tertiary/aromatic N) is 2. The number of amides is 1. The minimum absolute atomic E-state index is 0.105. The minimum Gasteiger partial charge on any atom is -0.454 e. The molecule has 3 heterocycles. The van der Waals surface area contributed by atoms with Gasteiger partial charge in [0.25, 0.3) is 5.56 Å². The van der Waals surface area contributed by atoms with Gasteiger partial charge in [0.1, 0.15) is 11.1 Å². The summed E-state index contributed by atoms with van der Waals surface area (Å²) in [5.41, 5.74) is 1.79. The van der Waals surface area contributed by atoms with Crippen molar-refractivity contribution in [3.05, 3.63) is 52.8 Å². The molecule has 0 bridgehead atoms. The highest BCUT2D eigenvalue weighted by atomic mass is 32.2. The highest BCUT2D eigenvalue weighted by Gasteiger charge is 2.19. The molecule has 0 saturated heterocycles. The molecule has 0 fully saturated rings. The standard InChI is InChI=1S/C23H21N3O5S/c1-2-3-10-26-22(28)21-20(15-6-4-5-7-16(15)31-21)25-23(26)32-12-19(27)24-14-8-9-17-18(11-14)30-13-29-17/h4-9,11H,2-3,10,12-13H2,1H3,(H,24,27). The predicted octanol–water partition coefficient (Wildman–Crippen LogP) is 4.40. The van der Waals surface area contributed by atoms with Crippen molar-refractivity contribution in [3.8, 4) is 11.5 Å². The molecule has 4 aromatic rings. The van der Waals surface area contributed by atoms with E-state index < -0.39 is 0 Å². The first kappa shape index (κ1) is 20.4. The summed E-state index contributed by atoms with van der Waals surface area (Å²) in [4.78, 5) is 30.5. The largest absolute Gasteiger partial charge is 0.454 e. The molecule has 1 aliphatic rings. The number of rotatable bonds is 7. The van der Waals surface area contributed by atoms with E-state index in [9.17, 15) is 9.59 Å². The summed E-state index contributed by atoms with van der Waals surface area (Å²) in [5.74, 6) is 1.15. The van der Waals surface area contributed by atoms with Gasteiger partial charge in [0.2, 0.25) is 18.3 Å². The molecule has 5 rings (SSSR count). The van der Waals surface area contributed by atoms with Crippen LogP contribution in [0.3, 0.4) is 0 Å². The lowest BCUT2D eigenvalue weighted by atomic mass is 10.2. The van der Waals surface area contributed by atoms with Crippen LogP contribution in [0.5, 0.6) is 11.5 Å². The molecule has 0 unspecified atom stereocenters. The Morgan fingerprint density at radius 1 is 1.19 bits per heavy atom. The number of carbonyl (C=O) groups is 1. The zero-order valence-corrected chi connectivity index (χ0v) is 18.2. The van der Waals surface area contributed by atoms with Gasteiger partial charge in [-0.3, -0.25) is 14.2 Å². The van der Waals surface area contributed by atoms with Gasteiger partial charge in [0, 0.05) is 23.7 Å². The number of hydrogen-bond acceptors (Lipinski definition) is 7. The third-order valence-corrected chi connectivity index (χ3v) is 6.15. The van der Waals surface area contributed by atoms with Crippen molar-refractivity contribution in [1.82, 2.24) is 9.55 Å². The Morgan fingerprint density at radius 3 is 2.91 bits per heavy atom. The summed E-state index contributed by atoms with van der Waals surface area (Å²) in [6.45, 7) is 2.75. The van der Waals surface area contributed by atoms with E-state index in [1.54, 1.807) is 22.8 Å². The average molecular weight is 452 g/mol. The van der Waals surface area contributed by atoms with Crippen LogP contribution >= 0.6 is 11.8 Å². The zero-order chi connectivity index (χ0) is 22.1. The molecule has 0 radical (unpaired) electrons. The molecule has 0 atom stereocenters. The fraction of sp³-hybridized carbons (Fsp3) is 0.261. The van der Waals surface area contributed by atoms with E-state index in [4.69, 9.17) is 18.9 Å². The van der Waals surface area contributed by atoms with Crippen molar-refractivity contribution in [2.24, 2.45) is 0 Å². The van der Waals surface area contributed by atoms with Crippen molar-refractivity contribution >= 4 is 45.4 Å². The number of furan rings is 1. The summed E-state index contributed by atoms with van der Waals surface area (Å²) < 4.78 is 18.0. The molecule has 0 aliphatic carbocycles. The number of ether oxygens (including phenoxy) is 2. The van der Waals surface area contributed by atoms with Crippen LogP contribution in [0.15, 0.2) is 56.8 Å². The summed E-state index contributed by atoms with van der Waals surface area (Å²) in [6, 6.07) is 12.7. The van der Waals surface area contributed by atoms with Gasteiger partial charge >= 0.3 is 0 Å². The van der Waals surface area contributed by atoms with E-state index in [1.807, 2.05) is 24.3 Å². The maximum atomic E-state index is 13.2. The Labute approximate surface area is 187 Å². The molecule has 1 N–H and O–H groups in total. The molecule has 0 saturated carbocycles. The maximum Gasteiger partial charge on any atom is 0.297 e. The average Bonchev–Trinajstić information content (AvgIpc) is 3.41. The van der Waals surface area contributed by atoms with Crippen LogP contribution in [-0.4, -0.2) is 28.0 Å². The van der Waals surface area contributed by atoms with Crippen molar-refractivity contribution < 1.29 is 18.7 Å². The third-order valence-electron chi connectivity index (χ3n) is 5.17. The fourth-order valence-electron chi connectivity index (χ4n) is 3.58. The fourth-order valence-corrected chi connectivity index (χ4v) is 4.40. The number of anilines is 1. The second-order valence-corrected chi connectivity index (χ2v) is 8.33. The maximum absolute atomic E-state index is 13.2. The lowest BCUT2D eigenvalue weighted by Gasteiger charge is -2.11. The molecule has 164 valence electrons. The van der Waals surface area contributed by atoms with E-state index in [-0.39, 0.29) is 29.6 Å². The van der Waals surface area contributed by atoms with Crippen LogP contribution in [-0.2, 0) is 11.3 Å². The number of aromatic nitrogens is 2. The first-order chi connectivity index (χ1) is 15.6. The Morgan fingerprint density at radius 2 is 2.03 bits per heavy atom. The number of benzene rings is 2. The number of hydrogen-bond donors (Lipinski definition) is 1. The molecular formula is C23H21N3O5S. The topological polar surface area (TPSA) is 95.6 Å². The second-order valence-electron chi connectivity index (χ2n) is 7.39. The van der Waals surface area contributed by atoms with Gasteiger partial charge in [0.05, 0.1) is 5.75 Å².